The zero-order valence-electron chi connectivity index (χ0n) is 11.6. The SMILES string of the molecule is CCCCS(=O)(=O)NCC(=O)Nc1ccc(Cl)cc1C. The Morgan fingerprint density at radius 2 is 2.05 bits per heavy atom. The summed E-state index contributed by atoms with van der Waals surface area (Å²) in [6.45, 7) is 3.45. The zero-order valence-corrected chi connectivity index (χ0v) is 13.1. The van der Waals surface area contributed by atoms with E-state index in [0.29, 0.717) is 17.1 Å². The number of unbranched alkanes of at least 4 members (excludes halogenated alkanes) is 1. The zero-order chi connectivity index (χ0) is 15.2. The fourth-order valence-electron chi connectivity index (χ4n) is 1.54. The normalized spacial score (nSPS) is 11.3. The van der Waals surface area contributed by atoms with Gasteiger partial charge in [-0.1, -0.05) is 24.9 Å². The summed E-state index contributed by atoms with van der Waals surface area (Å²) in [7, 11) is -3.38. The molecule has 7 heteroatoms. The third kappa shape index (κ3) is 5.90. The van der Waals surface area contributed by atoms with Crippen LogP contribution in [0.4, 0.5) is 5.69 Å². The second kappa shape index (κ2) is 7.61. The highest BCUT2D eigenvalue weighted by molar-refractivity contribution is 7.89. The second-order valence-electron chi connectivity index (χ2n) is 4.50. The highest BCUT2D eigenvalue weighted by Gasteiger charge is 2.12. The van der Waals surface area contributed by atoms with Crippen LogP contribution in [0.1, 0.15) is 25.3 Å². The molecule has 5 nitrogen and oxygen atoms in total. The lowest BCUT2D eigenvalue weighted by atomic mass is 10.2. The van der Waals surface area contributed by atoms with Gasteiger partial charge in [-0.05, 0) is 37.1 Å². The quantitative estimate of drug-likeness (QED) is 0.810. The van der Waals surface area contributed by atoms with E-state index in [-0.39, 0.29) is 12.3 Å². The third-order valence-corrected chi connectivity index (χ3v) is 4.33. The van der Waals surface area contributed by atoms with E-state index in [1.165, 1.54) is 0 Å². The van der Waals surface area contributed by atoms with Crippen molar-refractivity contribution in [2.75, 3.05) is 17.6 Å². The minimum absolute atomic E-state index is 0.0384. The molecule has 1 aromatic rings. The van der Waals surface area contributed by atoms with Crippen LogP contribution in [0.15, 0.2) is 18.2 Å². The van der Waals surface area contributed by atoms with Crippen LogP contribution < -0.4 is 10.0 Å². The maximum absolute atomic E-state index is 11.7. The average Bonchev–Trinajstić information content (AvgIpc) is 2.38. The molecular formula is C13H19ClN2O3S. The van der Waals surface area contributed by atoms with E-state index >= 15 is 0 Å². The summed E-state index contributed by atoms with van der Waals surface area (Å²) < 4.78 is 25.4. The standard InChI is InChI=1S/C13H19ClN2O3S/c1-3-4-7-20(18,19)15-9-13(17)16-12-6-5-11(14)8-10(12)2/h5-6,8,15H,3-4,7,9H2,1-2H3,(H,16,17). The number of aryl methyl sites for hydroxylation is 1. The highest BCUT2D eigenvalue weighted by atomic mass is 35.5. The van der Waals surface area contributed by atoms with Crippen molar-refractivity contribution in [1.29, 1.82) is 0 Å². The molecule has 20 heavy (non-hydrogen) atoms. The Morgan fingerprint density at radius 1 is 1.35 bits per heavy atom. The van der Waals surface area contributed by atoms with Crippen molar-refractivity contribution in [3.05, 3.63) is 28.8 Å². The van der Waals surface area contributed by atoms with Crippen molar-refractivity contribution in [1.82, 2.24) is 4.72 Å². The summed E-state index contributed by atoms with van der Waals surface area (Å²) in [5.74, 6) is -0.369. The van der Waals surface area contributed by atoms with E-state index in [9.17, 15) is 13.2 Å². The van der Waals surface area contributed by atoms with Gasteiger partial charge in [0.1, 0.15) is 0 Å². The minimum Gasteiger partial charge on any atom is -0.325 e. The molecule has 0 fully saturated rings. The first-order valence-electron chi connectivity index (χ1n) is 6.37. The maximum atomic E-state index is 11.7. The molecule has 0 heterocycles. The second-order valence-corrected chi connectivity index (χ2v) is 6.86. The summed E-state index contributed by atoms with van der Waals surface area (Å²) in [6.07, 6.45) is 1.37. The number of halogens is 1. The third-order valence-electron chi connectivity index (χ3n) is 2.68. The lowest BCUT2D eigenvalue weighted by Gasteiger charge is -2.09. The van der Waals surface area contributed by atoms with Crippen molar-refractivity contribution < 1.29 is 13.2 Å². The van der Waals surface area contributed by atoms with Gasteiger partial charge in [0.05, 0.1) is 12.3 Å². The van der Waals surface area contributed by atoms with Gasteiger partial charge in [-0.2, -0.15) is 0 Å². The van der Waals surface area contributed by atoms with Crippen LogP contribution in [0.25, 0.3) is 0 Å². The predicted octanol–water partition coefficient (Wildman–Crippen LogP) is 2.31. The van der Waals surface area contributed by atoms with Crippen molar-refractivity contribution in [2.24, 2.45) is 0 Å². The summed E-state index contributed by atoms with van der Waals surface area (Å²) in [4.78, 5) is 11.7. The van der Waals surface area contributed by atoms with Gasteiger partial charge in [-0.15, -0.1) is 0 Å². The molecule has 0 spiro atoms. The van der Waals surface area contributed by atoms with Gasteiger partial charge in [0, 0.05) is 10.7 Å². The van der Waals surface area contributed by atoms with Crippen LogP contribution in [0, 0.1) is 6.92 Å². The average molecular weight is 319 g/mol. The van der Waals surface area contributed by atoms with E-state index in [4.69, 9.17) is 11.6 Å². The first kappa shape index (κ1) is 16.9. The Bertz CT molecular complexity index is 573. The summed E-state index contributed by atoms with van der Waals surface area (Å²) >= 11 is 5.82. The van der Waals surface area contributed by atoms with Crippen molar-refractivity contribution in [2.45, 2.75) is 26.7 Å². The summed E-state index contributed by atoms with van der Waals surface area (Å²) in [6, 6.07) is 5.07. The molecule has 0 saturated heterocycles. The number of amides is 1. The lowest BCUT2D eigenvalue weighted by Crippen LogP contribution is -2.34. The molecule has 0 aliphatic carbocycles. The monoisotopic (exact) mass is 318 g/mol. The Balaban J connectivity index is 2.52. The molecular weight excluding hydrogens is 300 g/mol. The number of sulfonamides is 1. The van der Waals surface area contributed by atoms with E-state index in [1.807, 2.05) is 13.8 Å². The maximum Gasteiger partial charge on any atom is 0.239 e. The van der Waals surface area contributed by atoms with Gasteiger partial charge in [-0.3, -0.25) is 4.79 Å². The van der Waals surface area contributed by atoms with Crippen LogP contribution in [-0.4, -0.2) is 26.6 Å². The Morgan fingerprint density at radius 3 is 2.65 bits per heavy atom. The number of carbonyl (C=O) groups excluding carboxylic acids is 1. The fraction of sp³-hybridized carbons (Fsp3) is 0.462. The topological polar surface area (TPSA) is 75.3 Å². The van der Waals surface area contributed by atoms with Gasteiger partial charge in [0.15, 0.2) is 0 Å². The van der Waals surface area contributed by atoms with Gasteiger partial charge in [-0.25, -0.2) is 13.1 Å². The molecule has 0 atom stereocenters. The molecule has 1 rings (SSSR count). The van der Waals surface area contributed by atoms with Gasteiger partial charge in [0.25, 0.3) is 0 Å². The fourth-order valence-corrected chi connectivity index (χ4v) is 2.93. The number of carbonyl (C=O) groups is 1. The highest BCUT2D eigenvalue weighted by Crippen LogP contribution is 2.19. The smallest absolute Gasteiger partial charge is 0.239 e. The Hall–Kier alpha value is -1.11. The lowest BCUT2D eigenvalue weighted by molar-refractivity contribution is -0.115. The predicted molar refractivity (Wildman–Crippen MR) is 81.5 cm³/mol. The number of anilines is 1. The Labute approximate surface area is 124 Å². The van der Waals surface area contributed by atoms with Crippen molar-refractivity contribution in [3.63, 3.8) is 0 Å². The summed E-state index contributed by atoms with van der Waals surface area (Å²) in [5.41, 5.74) is 1.44. The van der Waals surface area contributed by atoms with Crippen LogP contribution in [0.5, 0.6) is 0 Å². The largest absolute Gasteiger partial charge is 0.325 e. The van der Waals surface area contributed by atoms with E-state index in [2.05, 4.69) is 10.0 Å². The Kier molecular flexibility index (Phi) is 6.45. The molecule has 112 valence electrons. The molecule has 0 unspecified atom stereocenters. The molecule has 0 saturated carbocycles. The number of rotatable bonds is 7. The molecule has 0 radical (unpaired) electrons. The van der Waals surface area contributed by atoms with Crippen LogP contribution >= 0.6 is 11.6 Å². The number of hydrogen-bond donors (Lipinski definition) is 2. The molecule has 2 N–H and O–H groups in total. The first-order chi connectivity index (χ1) is 9.34. The van der Waals surface area contributed by atoms with E-state index in [1.54, 1.807) is 18.2 Å². The molecule has 0 aromatic heterocycles. The van der Waals surface area contributed by atoms with Gasteiger partial charge < -0.3 is 5.32 Å². The molecule has 0 aliphatic rings. The van der Waals surface area contributed by atoms with Crippen LogP contribution in [0.3, 0.4) is 0 Å². The molecule has 0 bridgehead atoms. The van der Waals surface area contributed by atoms with Crippen molar-refractivity contribution in [3.8, 4) is 0 Å². The number of nitrogens with one attached hydrogen (secondary N) is 2. The van der Waals surface area contributed by atoms with Crippen LogP contribution in [-0.2, 0) is 14.8 Å². The molecule has 1 amide bonds. The minimum atomic E-state index is -3.38. The molecule has 0 aliphatic heterocycles. The first-order valence-corrected chi connectivity index (χ1v) is 8.40. The van der Waals surface area contributed by atoms with E-state index < -0.39 is 15.9 Å². The van der Waals surface area contributed by atoms with E-state index in [0.717, 1.165) is 12.0 Å². The van der Waals surface area contributed by atoms with Gasteiger partial charge >= 0.3 is 0 Å². The van der Waals surface area contributed by atoms with Crippen molar-refractivity contribution >= 4 is 33.2 Å². The number of benzene rings is 1. The van der Waals surface area contributed by atoms with Crippen LogP contribution in [0.2, 0.25) is 5.02 Å². The molecule has 1 aromatic carbocycles. The summed E-state index contributed by atoms with van der Waals surface area (Å²) in [5, 5.41) is 3.23. The van der Waals surface area contributed by atoms with Gasteiger partial charge in [0.2, 0.25) is 15.9 Å². The number of hydrogen-bond acceptors (Lipinski definition) is 3.